The van der Waals surface area contributed by atoms with Crippen LogP contribution >= 0.6 is 0 Å². The van der Waals surface area contributed by atoms with Crippen LogP contribution in [0, 0.1) is 40.7 Å². The number of fused-ring (bicyclic) bond motifs is 1. The summed E-state index contributed by atoms with van der Waals surface area (Å²) in [4.78, 5) is 0. The quantitative estimate of drug-likeness (QED) is 0.239. The zero-order valence-electron chi connectivity index (χ0n) is 19.8. The zero-order chi connectivity index (χ0) is 20.8. The Labute approximate surface area is 202 Å². The van der Waals surface area contributed by atoms with Crippen LogP contribution in [0.25, 0.3) is 21.9 Å². The van der Waals surface area contributed by atoms with E-state index in [0.29, 0.717) is 5.92 Å². The number of hydrogen-bond donors (Lipinski definition) is 0. The van der Waals surface area contributed by atoms with Crippen molar-refractivity contribution in [1.82, 2.24) is 0 Å². The molecule has 0 fully saturated rings. The van der Waals surface area contributed by atoms with Crippen LogP contribution in [0.2, 0.25) is 0 Å². The molecule has 0 saturated heterocycles. The van der Waals surface area contributed by atoms with Gasteiger partial charge in [-0.15, -0.1) is 53.6 Å². The van der Waals surface area contributed by atoms with Gasteiger partial charge in [0, 0.05) is 0 Å². The van der Waals surface area contributed by atoms with Crippen molar-refractivity contribution in [3.8, 4) is 11.1 Å². The maximum atomic E-state index is 3.36. The van der Waals surface area contributed by atoms with Crippen molar-refractivity contribution in [2.75, 3.05) is 0 Å². The van der Waals surface area contributed by atoms with E-state index in [1.165, 1.54) is 73.1 Å². The summed E-state index contributed by atoms with van der Waals surface area (Å²) in [6.07, 6.45) is 3.36. The number of allylic oxidation sites excluding steroid dienone is 4. The van der Waals surface area contributed by atoms with Gasteiger partial charge in [0.15, 0.2) is 0 Å². The molecule has 1 atom stereocenters. The summed E-state index contributed by atoms with van der Waals surface area (Å²) in [5.41, 5.74) is 9.68. The standard InChI is InChI=1S/C17H15.C9H13.2CH3.Si.Zr/c1-12-6-5-7-13(2)17(12)16-11-10-14-8-3-4-9-15(14)16;1-6-5-7(2)9(4)8(6)3;;;;/h3-11H,1-2H3;6H,1-4H3;2*1H3;;/q4*-1;;. The fraction of sp³-hybridized carbons (Fsp3) is 0.250. The summed E-state index contributed by atoms with van der Waals surface area (Å²) < 4.78 is 0. The van der Waals surface area contributed by atoms with Crippen molar-refractivity contribution in [3.63, 3.8) is 0 Å². The Balaban J connectivity index is 0.000000558. The molecule has 1 aliphatic carbocycles. The Morgan fingerprint density at radius 1 is 0.867 bits per heavy atom. The Kier molecular flexibility index (Phi) is 12.5. The molecule has 0 heterocycles. The molecular formula is C28H34SiZr-4. The van der Waals surface area contributed by atoms with Gasteiger partial charge in [-0.3, -0.25) is 6.08 Å². The molecule has 3 aromatic carbocycles. The Morgan fingerprint density at radius 2 is 1.43 bits per heavy atom. The van der Waals surface area contributed by atoms with Crippen LogP contribution in [-0.2, 0) is 23.3 Å². The second-order valence-corrected chi connectivity index (χ2v) is 7.40. The number of aryl methyl sites for hydroxylation is 2. The van der Waals surface area contributed by atoms with Crippen LogP contribution in [0.4, 0.5) is 0 Å². The third kappa shape index (κ3) is 6.32. The molecule has 0 nitrogen and oxygen atoms in total. The molecule has 4 rings (SSSR count). The molecule has 3 aromatic rings. The summed E-state index contributed by atoms with van der Waals surface area (Å²) in [5.74, 6) is 0.560. The Morgan fingerprint density at radius 3 is 1.90 bits per heavy atom. The van der Waals surface area contributed by atoms with Crippen molar-refractivity contribution in [2.24, 2.45) is 5.92 Å². The van der Waals surface area contributed by atoms with Crippen LogP contribution in [0.5, 0.6) is 0 Å². The Hall–Kier alpha value is -1.37. The monoisotopic (exact) mass is 488 g/mol. The van der Waals surface area contributed by atoms with Gasteiger partial charge >= 0.3 is 30.2 Å². The zero-order valence-corrected chi connectivity index (χ0v) is 23.2. The van der Waals surface area contributed by atoms with Crippen molar-refractivity contribution >= 4 is 17.7 Å². The van der Waals surface area contributed by atoms with E-state index in [1.807, 2.05) is 0 Å². The molecule has 0 spiro atoms. The molecule has 0 aliphatic heterocycles. The van der Waals surface area contributed by atoms with Gasteiger partial charge in [0.1, 0.15) is 0 Å². The van der Waals surface area contributed by atoms with Crippen LogP contribution in [0.3, 0.4) is 0 Å². The van der Waals surface area contributed by atoms with Crippen molar-refractivity contribution in [3.05, 3.63) is 103 Å². The van der Waals surface area contributed by atoms with Gasteiger partial charge in [0.05, 0.1) is 0 Å². The van der Waals surface area contributed by atoms with Crippen LogP contribution in [0.1, 0.15) is 38.8 Å². The number of hydrogen-bond acceptors (Lipinski definition) is 0. The van der Waals surface area contributed by atoms with Gasteiger partial charge in [0.25, 0.3) is 0 Å². The van der Waals surface area contributed by atoms with E-state index in [-0.39, 0.29) is 14.9 Å². The van der Waals surface area contributed by atoms with Gasteiger partial charge < -0.3 is 14.9 Å². The topological polar surface area (TPSA) is 0 Å². The third-order valence-corrected chi connectivity index (χ3v) is 5.67. The molecule has 0 bridgehead atoms. The summed E-state index contributed by atoms with van der Waals surface area (Å²) in [6, 6.07) is 19.5. The van der Waals surface area contributed by atoms with E-state index >= 15 is 0 Å². The molecule has 158 valence electrons. The second kappa shape index (κ2) is 13.1. The normalized spacial score (nSPS) is 14.4. The van der Waals surface area contributed by atoms with Crippen LogP contribution in [-0.4, -0.2) is 6.88 Å². The average molecular weight is 490 g/mol. The molecule has 0 aromatic heterocycles. The molecule has 0 amide bonds. The van der Waals surface area contributed by atoms with Gasteiger partial charge in [-0.25, -0.2) is 5.57 Å². The first-order valence-corrected chi connectivity index (χ1v) is 13.8. The van der Waals surface area contributed by atoms with Crippen molar-refractivity contribution in [1.29, 1.82) is 0 Å². The van der Waals surface area contributed by atoms with E-state index in [4.69, 9.17) is 0 Å². The number of benzene rings is 2. The van der Waals surface area contributed by atoms with Gasteiger partial charge in [-0.05, 0) is 13.8 Å². The Bertz CT molecular complexity index is 1000. The molecule has 1 unspecified atom stereocenters. The van der Waals surface area contributed by atoms with E-state index in [2.05, 4.69) is 109 Å². The van der Waals surface area contributed by atoms with Crippen LogP contribution in [0.15, 0.2) is 71.3 Å². The second-order valence-electron chi connectivity index (χ2n) is 7.40. The van der Waals surface area contributed by atoms with Gasteiger partial charge in [0.2, 0.25) is 0 Å². The minimum absolute atomic E-state index is 0. The molecular weight excluding hydrogens is 456 g/mol. The fourth-order valence-electron chi connectivity index (χ4n) is 3.77. The first-order chi connectivity index (χ1) is 13.4. The molecule has 0 saturated carbocycles. The summed E-state index contributed by atoms with van der Waals surface area (Å²) in [6.45, 7) is 16.1. The summed E-state index contributed by atoms with van der Waals surface area (Å²) >= 11 is 1.36. The SMILES string of the molecule is CC1=[C-]C(C)C(C)=C1C.Cc1cccc(C)c1-c1c[cH-]c2ccccc12.[CH3-].[CH3-].[Si]=[Zr]. The predicted octanol–water partition coefficient (Wildman–Crippen LogP) is 8.08. The fourth-order valence-corrected chi connectivity index (χ4v) is 3.77. The number of rotatable bonds is 1. The minimum atomic E-state index is 0. The summed E-state index contributed by atoms with van der Waals surface area (Å²) in [5, 5.41) is 2.68. The first kappa shape index (κ1) is 28.6. The van der Waals surface area contributed by atoms with Crippen molar-refractivity contribution < 1.29 is 23.3 Å². The maximum absolute atomic E-state index is 3.36. The third-order valence-electron chi connectivity index (χ3n) is 5.67. The molecule has 1 aliphatic rings. The average Bonchev–Trinajstić information content (AvgIpc) is 3.21. The van der Waals surface area contributed by atoms with Gasteiger partial charge in [-0.2, -0.15) is 11.1 Å². The van der Waals surface area contributed by atoms with Gasteiger partial charge in [-0.1, -0.05) is 67.6 Å². The van der Waals surface area contributed by atoms with Crippen LogP contribution < -0.4 is 0 Å². The molecule has 2 radical (unpaired) electrons. The molecule has 2 heteroatoms. The molecule has 30 heavy (non-hydrogen) atoms. The van der Waals surface area contributed by atoms with E-state index < -0.39 is 0 Å². The summed E-state index contributed by atoms with van der Waals surface area (Å²) in [7, 11) is 0. The predicted molar refractivity (Wildman–Crippen MR) is 133 cm³/mol. The van der Waals surface area contributed by atoms with Crippen molar-refractivity contribution in [2.45, 2.75) is 41.5 Å². The van der Waals surface area contributed by atoms with E-state index in [0.717, 1.165) is 0 Å². The van der Waals surface area contributed by atoms with E-state index in [1.54, 1.807) is 0 Å². The van der Waals surface area contributed by atoms with E-state index in [9.17, 15) is 0 Å². The first-order valence-electron chi connectivity index (χ1n) is 9.64. The molecule has 0 N–H and O–H groups in total.